The minimum absolute atomic E-state index is 0.849. The topological polar surface area (TPSA) is 29.3 Å². The number of benzene rings is 2. The fraction of sp³-hybridized carbons (Fsp3) is 0.294. The van der Waals surface area contributed by atoms with Crippen LogP contribution in [0.3, 0.4) is 0 Å². The highest BCUT2D eigenvalue weighted by Gasteiger charge is 2.12. The Bertz CT molecular complexity index is 542. The summed E-state index contributed by atoms with van der Waals surface area (Å²) in [4.78, 5) is 2.45. The fourth-order valence-corrected chi connectivity index (χ4v) is 2.77. The van der Waals surface area contributed by atoms with Gasteiger partial charge in [-0.15, -0.1) is 0 Å². The van der Waals surface area contributed by atoms with Gasteiger partial charge in [-0.1, -0.05) is 30.3 Å². The second-order valence-electron chi connectivity index (χ2n) is 5.23. The molecule has 2 nitrogen and oxygen atoms in total. The number of hydrogen-bond acceptors (Lipinski definition) is 2. The van der Waals surface area contributed by atoms with Crippen molar-refractivity contribution < 1.29 is 0 Å². The average molecular weight is 252 g/mol. The Hall–Kier alpha value is -1.96. The molecule has 98 valence electrons. The van der Waals surface area contributed by atoms with Crippen LogP contribution in [0.1, 0.15) is 19.3 Å². The van der Waals surface area contributed by atoms with E-state index < -0.39 is 0 Å². The van der Waals surface area contributed by atoms with Crippen LogP contribution in [-0.2, 0) is 0 Å². The summed E-state index contributed by atoms with van der Waals surface area (Å²) in [7, 11) is 0. The lowest BCUT2D eigenvalue weighted by Gasteiger charge is -2.29. The molecule has 0 saturated carbocycles. The second-order valence-corrected chi connectivity index (χ2v) is 5.23. The van der Waals surface area contributed by atoms with Gasteiger partial charge in [-0.2, -0.15) is 0 Å². The van der Waals surface area contributed by atoms with Gasteiger partial charge in [0, 0.05) is 24.5 Å². The van der Waals surface area contributed by atoms with E-state index in [0.717, 1.165) is 18.8 Å². The van der Waals surface area contributed by atoms with E-state index in [9.17, 15) is 0 Å². The van der Waals surface area contributed by atoms with E-state index in [1.165, 1.54) is 36.1 Å². The second kappa shape index (κ2) is 5.35. The van der Waals surface area contributed by atoms with Crippen molar-refractivity contribution in [2.45, 2.75) is 19.3 Å². The van der Waals surface area contributed by atoms with Gasteiger partial charge in [0.1, 0.15) is 0 Å². The molecule has 0 atom stereocenters. The summed E-state index contributed by atoms with van der Waals surface area (Å²) in [5, 5.41) is 0. The molecule has 2 N–H and O–H groups in total. The van der Waals surface area contributed by atoms with Gasteiger partial charge in [0.2, 0.25) is 0 Å². The molecule has 0 unspecified atom stereocenters. The summed E-state index contributed by atoms with van der Waals surface area (Å²) in [6.45, 7) is 2.30. The number of anilines is 2. The Kier molecular flexibility index (Phi) is 3.41. The predicted molar refractivity (Wildman–Crippen MR) is 82.4 cm³/mol. The lowest BCUT2D eigenvalue weighted by Crippen LogP contribution is -2.29. The quantitative estimate of drug-likeness (QED) is 0.821. The van der Waals surface area contributed by atoms with Crippen LogP contribution in [0, 0.1) is 0 Å². The molecule has 1 aliphatic heterocycles. The van der Waals surface area contributed by atoms with Crippen LogP contribution >= 0.6 is 0 Å². The summed E-state index contributed by atoms with van der Waals surface area (Å²) >= 11 is 0. The third-order valence-corrected chi connectivity index (χ3v) is 3.77. The number of nitrogen functional groups attached to an aromatic ring is 1. The summed E-state index contributed by atoms with van der Waals surface area (Å²) in [5.74, 6) is 0. The zero-order chi connectivity index (χ0) is 13.1. The van der Waals surface area contributed by atoms with E-state index in [1.54, 1.807) is 0 Å². The van der Waals surface area contributed by atoms with Crippen molar-refractivity contribution in [1.82, 2.24) is 0 Å². The standard InChI is InChI=1S/C17H20N2/c18-16-11-15(14-7-3-1-4-8-14)12-17(13-16)19-9-5-2-6-10-19/h1,3-4,7-8,11-13H,2,5-6,9-10,18H2. The number of rotatable bonds is 2. The Labute approximate surface area is 114 Å². The smallest absolute Gasteiger partial charge is 0.0393 e. The average Bonchev–Trinajstić information content (AvgIpc) is 2.48. The van der Waals surface area contributed by atoms with Gasteiger partial charge < -0.3 is 10.6 Å². The van der Waals surface area contributed by atoms with Gasteiger partial charge in [-0.25, -0.2) is 0 Å². The normalized spacial score (nSPS) is 15.5. The molecule has 1 saturated heterocycles. The van der Waals surface area contributed by atoms with E-state index >= 15 is 0 Å². The lowest BCUT2D eigenvalue weighted by atomic mass is 10.0. The van der Waals surface area contributed by atoms with Crippen LogP contribution in [0.5, 0.6) is 0 Å². The number of hydrogen-bond donors (Lipinski definition) is 1. The van der Waals surface area contributed by atoms with Gasteiger partial charge in [-0.3, -0.25) is 0 Å². The third-order valence-electron chi connectivity index (χ3n) is 3.77. The van der Waals surface area contributed by atoms with Crippen molar-refractivity contribution >= 4 is 11.4 Å². The zero-order valence-electron chi connectivity index (χ0n) is 11.2. The Morgan fingerprint density at radius 2 is 1.53 bits per heavy atom. The van der Waals surface area contributed by atoms with Gasteiger partial charge in [0.05, 0.1) is 0 Å². The van der Waals surface area contributed by atoms with Gasteiger partial charge >= 0.3 is 0 Å². The largest absolute Gasteiger partial charge is 0.399 e. The minimum atomic E-state index is 0.849. The summed E-state index contributed by atoms with van der Waals surface area (Å²) in [6, 6.07) is 16.9. The molecular formula is C17H20N2. The molecule has 0 bridgehead atoms. The van der Waals surface area contributed by atoms with E-state index in [4.69, 9.17) is 5.73 Å². The van der Waals surface area contributed by atoms with Crippen LogP contribution in [-0.4, -0.2) is 13.1 Å². The maximum absolute atomic E-state index is 6.08. The third kappa shape index (κ3) is 2.73. The number of nitrogens with zero attached hydrogens (tertiary/aromatic N) is 1. The van der Waals surface area contributed by atoms with E-state index in [2.05, 4.69) is 47.4 Å². The molecule has 2 heteroatoms. The van der Waals surface area contributed by atoms with Gasteiger partial charge in [0.25, 0.3) is 0 Å². The molecule has 2 aromatic carbocycles. The van der Waals surface area contributed by atoms with Gasteiger partial charge in [-0.05, 0) is 48.6 Å². The Morgan fingerprint density at radius 1 is 0.789 bits per heavy atom. The molecule has 19 heavy (non-hydrogen) atoms. The molecule has 0 aliphatic carbocycles. The van der Waals surface area contributed by atoms with E-state index in [0.29, 0.717) is 0 Å². The summed E-state index contributed by atoms with van der Waals surface area (Å²) < 4.78 is 0. The highest BCUT2D eigenvalue weighted by molar-refractivity contribution is 5.73. The first kappa shape index (κ1) is 12.1. The Balaban J connectivity index is 1.96. The monoisotopic (exact) mass is 252 g/mol. The Morgan fingerprint density at radius 3 is 2.26 bits per heavy atom. The van der Waals surface area contributed by atoms with Crippen LogP contribution in [0.25, 0.3) is 11.1 Å². The maximum atomic E-state index is 6.08. The van der Waals surface area contributed by atoms with Crippen LogP contribution < -0.4 is 10.6 Å². The predicted octanol–water partition coefficient (Wildman–Crippen LogP) is 3.93. The molecule has 3 rings (SSSR count). The lowest BCUT2D eigenvalue weighted by molar-refractivity contribution is 0.578. The molecular weight excluding hydrogens is 232 g/mol. The van der Waals surface area contributed by atoms with Crippen molar-refractivity contribution in [3.8, 4) is 11.1 Å². The van der Waals surface area contributed by atoms with Crippen molar-refractivity contribution in [2.24, 2.45) is 0 Å². The first-order valence-electron chi connectivity index (χ1n) is 7.04. The van der Waals surface area contributed by atoms with Crippen molar-refractivity contribution in [3.63, 3.8) is 0 Å². The van der Waals surface area contributed by atoms with Crippen molar-refractivity contribution in [2.75, 3.05) is 23.7 Å². The SMILES string of the molecule is Nc1cc(-c2ccccc2)cc(N2CCCCC2)c1. The van der Waals surface area contributed by atoms with E-state index in [1.807, 2.05) is 6.07 Å². The van der Waals surface area contributed by atoms with Gasteiger partial charge in [0.15, 0.2) is 0 Å². The van der Waals surface area contributed by atoms with E-state index in [-0.39, 0.29) is 0 Å². The maximum Gasteiger partial charge on any atom is 0.0393 e. The summed E-state index contributed by atoms with van der Waals surface area (Å²) in [6.07, 6.45) is 3.93. The highest BCUT2D eigenvalue weighted by Crippen LogP contribution is 2.29. The number of nitrogens with two attached hydrogens (primary N) is 1. The number of piperidine rings is 1. The van der Waals surface area contributed by atoms with Crippen LogP contribution in [0.15, 0.2) is 48.5 Å². The minimum Gasteiger partial charge on any atom is -0.399 e. The first-order chi connectivity index (χ1) is 9.33. The fourth-order valence-electron chi connectivity index (χ4n) is 2.77. The molecule has 0 amide bonds. The van der Waals surface area contributed by atoms with Crippen molar-refractivity contribution in [1.29, 1.82) is 0 Å². The zero-order valence-corrected chi connectivity index (χ0v) is 11.2. The molecule has 0 spiro atoms. The molecule has 1 heterocycles. The molecule has 2 aromatic rings. The highest BCUT2D eigenvalue weighted by atomic mass is 15.1. The molecule has 1 aliphatic rings. The van der Waals surface area contributed by atoms with Crippen molar-refractivity contribution in [3.05, 3.63) is 48.5 Å². The molecule has 1 fully saturated rings. The first-order valence-corrected chi connectivity index (χ1v) is 7.04. The summed E-state index contributed by atoms with van der Waals surface area (Å²) in [5.41, 5.74) is 10.6. The van der Waals surface area contributed by atoms with Crippen LogP contribution in [0.2, 0.25) is 0 Å². The molecule has 0 radical (unpaired) electrons. The molecule has 0 aromatic heterocycles. The van der Waals surface area contributed by atoms with Crippen LogP contribution in [0.4, 0.5) is 11.4 Å².